The van der Waals surface area contributed by atoms with Gasteiger partial charge in [0.1, 0.15) is 17.5 Å². The summed E-state index contributed by atoms with van der Waals surface area (Å²) in [6, 6.07) is 6.07. The molecule has 0 amide bonds. The molecule has 3 heteroatoms. The molecule has 0 bridgehead atoms. The molecule has 0 N–H and O–H groups in total. The first-order valence-electron chi connectivity index (χ1n) is 8.06. The van der Waals surface area contributed by atoms with E-state index in [9.17, 15) is 9.59 Å². The molecule has 3 rings (SSSR count). The SMILES string of the molecule is CSC1(C2CC(=O)C(c3cc(C)ccc3C)C(=O)C2)CC1C. The Bertz CT molecular complexity index is 614. The summed E-state index contributed by atoms with van der Waals surface area (Å²) in [5, 5.41) is 0. The van der Waals surface area contributed by atoms with Crippen LogP contribution in [0.1, 0.15) is 48.8 Å². The highest BCUT2D eigenvalue weighted by molar-refractivity contribution is 8.00. The van der Waals surface area contributed by atoms with Gasteiger partial charge in [-0.25, -0.2) is 0 Å². The van der Waals surface area contributed by atoms with E-state index in [0.29, 0.717) is 18.8 Å². The van der Waals surface area contributed by atoms with Gasteiger partial charge < -0.3 is 0 Å². The van der Waals surface area contributed by atoms with Crippen molar-refractivity contribution in [2.45, 2.75) is 50.7 Å². The molecule has 118 valence electrons. The van der Waals surface area contributed by atoms with E-state index in [1.54, 1.807) is 0 Å². The standard InChI is InChI=1S/C19H24O2S/c1-11-5-6-12(2)15(7-11)18-16(20)8-14(9-17(18)21)19(22-4)10-13(19)3/h5-7,13-14,18H,8-10H2,1-4H3. The largest absolute Gasteiger partial charge is 0.299 e. The van der Waals surface area contributed by atoms with Crippen LogP contribution in [-0.2, 0) is 9.59 Å². The molecule has 2 aliphatic carbocycles. The van der Waals surface area contributed by atoms with Crippen molar-refractivity contribution in [2.24, 2.45) is 11.8 Å². The van der Waals surface area contributed by atoms with E-state index < -0.39 is 5.92 Å². The summed E-state index contributed by atoms with van der Waals surface area (Å²) < 4.78 is 0.179. The van der Waals surface area contributed by atoms with Crippen LogP contribution in [0.3, 0.4) is 0 Å². The number of benzene rings is 1. The van der Waals surface area contributed by atoms with Gasteiger partial charge in [-0.1, -0.05) is 30.7 Å². The number of Topliss-reactive ketones (excluding diaryl/α,β-unsaturated/α-hetero) is 2. The predicted molar refractivity (Wildman–Crippen MR) is 91.4 cm³/mol. The normalized spacial score (nSPS) is 34.8. The second kappa shape index (κ2) is 5.52. The molecule has 0 saturated heterocycles. The van der Waals surface area contributed by atoms with E-state index in [-0.39, 0.29) is 22.2 Å². The van der Waals surface area contributed by atoms with Crippen molar-refractivity contribution in [1.82, 2.24) is 0 Å². The molecular weight excluding hydrogens is 292 g/mol. The highest BCUT2D eigenvalue weighted by Crippen LogP contribution is 2.61. The maximum absolute atomic E-state index is 12.7. The van der Waals surface area contributed by atoms with Gasteiger partial charge in [0.2, 0.25) is 0 Å². The monoisotopic (exact) mass is 316 g/mol. The average molecular weight is 316 g/mol. The maximum Gasteiger partial charge on any atom is 0.148 e. The average Bonchev–Trinajstić information content (AvgIpc) is 3.14. The molecule has 0 spiro atoms. The van der Waals surface area contributed by atoms with Crippen molar-refractivity contribution in [2.75, 3.05) is 6.26 Å². The molecule has 22 heavy (non-hydrogen) atoms. The highest BCUT2D eigenvalue weighted by Gasteiger charge is 2.58. The van der Waals surface area contributed by atoms with Crippen LogP contribution in [0.25, 0.3) is 0 Å². The molecule has 0 aromatic heterocycles. The fraction of sp³-hybridized carbons (Fsp3) is 0.579. The van der Waals surface area contributed by atoms with Crippen LogP contribution in [0.2, 0.25) is 0 Å². The zero-order valence-corrected chi connectivity index (χ0v) is 14.6. The Morgan fingerprint density at radius 3 is 2.23 bits per heavy atom. The molecule has 2 aliphatic rings. The molecule has 0 aliphatic heterocycles. The van der Waals surface area contributed by atoms with E-state index in [1.807, 2.05) is 43.8 Å². The summed E-state index contributed by atoms with van der Waals surface area (Å²) in [7, 11) is 0. The Morgan fingerprint density at radius 2 is 1.73 bits per heavy atom. The number of rotatable bonds is 3. The fourth-order valence-corrected chi connectivity index (χ4v) is 5.50. The lowest BCUT2D eigenvalue weighted by Crippen LogP contribution is -2.37. The zero-order chi connectivity index (χ0) is 16.1. The summed E-state index contributed by atoms with van der Waals surface area (Å²) in [6.45, 7) is 6.24. The van der Waals surface area contributed by atoms with Crippen LogP contribution >= 0.6 is 11.8 Å². The molecule has 2 unspecified atom stereocenters. The number of carbonyl (C=O) groups excluding carboxylic acids is 2. The van der Waals surface area contributed by atoms with Crippen molar-refractivity contribution < 1.29 is 9.59 Å². The van der Waals surface area contributed by atoms with Gasteiger partial charge in [-0.2, -0.15) is 11.8 Å². The first-order valence-corrected chi connectivity index (χ1v) is 9.29. The third kappa shape index (κ3) is 2.44. The zero-order valence-electron chi connectivity index (χ0n) is 13.8. The predicted octanol–water partition coefficient (Wildman–Crippen LogP) is 4.08. The van der Waals surface area contributed by atoms with Crippen molar-refractivity contribution in [3.05, 3.63) is 34.9 Å². The highest BCUT2D eigenvalue weighted by atomic mass is 32.2. The molecule has 2 atom stereocenters. The van der Waals surface area contributed by atoms with E-state index in [0.717, 1.165) is 23.1 Å². The number of hydrogen-bond acceptors (Lipinski definition) is 3. The lowest BCUT2D eigenvalue weighted by atomic mass is 9.73. The van der Waals surface area contributed by atoms with E-state index in [4.69, 9.17) is 0 Å². The molecule has 2 nitrogen and oxygen atoms in total. The minimum atomic E-state index is -0.524. The van der Waals surface area contributed by atoms with Crippen molar-refractivity contribution >= 4 is 23.3 Å². The van der Waals surface area contributed by atoms with Gasteiger partial charge in [0, 0.05) is 17.6 Å². The van der Waals surface area contributed by atoms with Crippen LogP contribution in [0.4, 0.5) is 0 Å². The van der Waals surface area contributed by atoms with E-state index in [2.05, 4.69) is 13.2 Å². The van der Waals surface area contributed by atoms with Crippen molar-refractivity contribution in [3.8, 4) is 0 Å². The summed E-state index contributed by atoms with van der Waals surface area (Å²) in [5.74, 6) is 0.596. The van der Waals surface area contributed by atoms with Crippen LogP contribution < -0.4 is 0 Å². The second-order valence-electron chi connectivity index (χ2n) is 7.10. The molecule has 1 aromatic carbocycles. The first-order chi connectivity index (χ1) is 10.4. The summed E-state index contributed by atoms with van der Waals surface area (Å²) >= 11 is 1.86. The third-order valence-corrected chi connectivity index (χ3v) is 7.32. The van der Waals surface area contributed by atoms with Gasteiger partial charge in [-0.05, 0) is 49.5 Å². The summed E-state index contributed by atoms with van der Waals surface area (Å²) in [6.07, 6.45) is 4.40. The van der Waals surface area contributed by atoms with Gasteiger partial charge >= 0.3 is 0 Å². The van der Waals surface area contributed by atoms with Crippen molar-refractivity contribution in [3.63, 3.8) is 0 Å². The topological polar surface area (TPSA) is 34.1 Å². The minimum Gasteiger partial charge on any atom is -0.299 e. The van der Waals surface area contributed by atoms with Crippen LogP contribution in [0.5, 0.6) is 0 Å². The number of hydrogen-bond donors (Lipinski definition) is 0. The van der Waals surface area contributed by atoms with Crippen molar-refractivity contribution in [1.29, 1.82) is 0 Å². The molecular formula is C19H24O2S. The van der Waals surface area contributed by atoms with E-state index >= 15 is 0 Å². The number of ketones is 2. The minimum absolute atomic E-state index is 0.127. The lowest BCUT2D eigenvalue weighted by Gasteiger charge is -2.33. The van der Waals surface area contributed by atoms with E-state index in [1.165, 1.54) is 0 Å². The Balaban J connectivity index is 1.87. The number of thioether (sulfide) groups is 1. The van der Waals surface area contributed by atoms with Gasteiger partial charge in [0.25, 0.3) is 0 Å². The second-order valence-corrected chi connectivity index (χ2v) is 8.26. The molecule has 2 fully saturated rings. The number of aryl methyl sites for hydroxylation is 2. The smallest absolute Gasteiger partial charge is 0.148 e. The fourth-order valence-electron chi connectivity index (χ4n) is 4.18. The Labute approximate surface area is 137 Å². The third-order valence-electron chi connectivity index (χ3n) is 5.66. The van der Waals surface area contributed by atoms with Crippen LogP contribution in [-0.4, -0.2) is 22.6 Å². The lowest BCUT2D eigenvalue weighted by molar-refractivity contribution is -0.133. The maximum atomic E-state index is 12.7. The van der Waals surface area contributed by atoms with Gasteiger partial charge in [0.15, 0.2) is 0 Å². The van der Waals surface area contributed by atoms with Crippen LogP contribution in [0, 0.1) is 25.7 Å². The Morgan fingerprint density at radius 1 is 1.14 bits per heavy atom. The van der Waals surface area contributed by atoms with Gasteiger partial charge in [-0.15, -0.1) is 0 Å². The Hall–Kier alpha value is -1.09. The number of carbonyl (C=O) groups is 2. The Kier molecular flexibility index (Phi) is 3.96. The molecule has 1 aromatic rings. The van der Waals surface area contributed by atoms with Crippen LogP contribution in [0.15, 0.2) is 18.2 Å². The van der Waals surface area contributed by atoms with Gasteiger partial charge in [0.05, 0.1) is 0 Å². The quantitative estimate of drug-likeness (QED) is 0.788. The van der Waals surface area contributed by atoms with Gasteiger partial charge in [-0.3, -0.25) is 9.59 Å². The molecule has 0 heterocycles. The summed E-state index contributed by atoms with van der Waals surface area (Å²) in [5.41, 5.74) is 3.09. The molecule has 2 saturated carbocycles. The molecule has 0 radical (unpaired) electrons. The summed E-state index contributed by atoms with van der Waals surface area (Å²) in [4.78, 5) is 25.5. The first kappa shape index (κ1) is 15.8.